The highest BCUT2D eigenvalue weighted by Gasteiger charge is 2.02. The number of benzene rings is 1. The molecular formula is C26H39BrS. The molecule has 0 saturated heterocycles. The van der Waals surface area contributed by atoms with E-state index in [9.17, 15) is 0 Å². The van der Waals surface area contributed by atoms with Crippen LogP contribution < -0.4 is 0 Å². The Balaban J connectivity index is 1.41. The molecule has 0 unspecified atom stereocenters. The molecule has 28 heavy (non-hydrogen) atoms. The van der Waals surface area contributed by atoms with Gasteiger partial charge in [0.2, 0.25) is 0 Å². The van der Waals surface area contributed by atoms with Gasteiger partial charge in [-0.3, -0.25) is 0 Å². The third kappa shape index (κ3) is 10.3. The molecular weight excluding hydrogens is 424 g/mol. The van der Waals surface area contributed by atoms with E-state index < -0.39 is 0 Å². The normalized spacial score (nSPS) is 11.2. The number of unbranched alkanes of at least 4 members (excludes halogenated alkanes) is 13. The molecule has 0 spiro atoms. The molecule has 156 valence electrons. The summed E-state index contributed by atoms with van der Waals surface area (Å²) in [5.74, 6) is 0. The summed E-state index contributed by atoms with van der Waals surface area (Å²) in [5, 5.41) is 0. The first-order valence-electron chi connectivity index (χ1n) is 11.6. The molecule has 0 N–H and O–H groups in total. The van der Waals surface area contributed by atoms with E-state index in [1.165, 1.54) is 116 Å². The van der Waals surface area contributed by atoms with Crippen molar-refractivity contribution in [2.75, 3.05) is 0 Å². The fourth-order valence-electron chi connectivity index (χ4n) is 3.83. The van der Waals surface area contributed by atoms with E-state index in [1.807, 2.05) is 0 Å². The summed E-state index contributed by atoms with van der Waals surface area (Å²) in [5.41, 5.74) is 2.82. The summed E-state index contributed by atoms with van der Waals surface area (Å²) >= 11 is 5.35. The van der Waals surface area contributed by atoms with Gasteiger partial charge in [-0.1, -0.05) is 115 Å². The van der Waals surface area contributed by atoms with Crippen molar-refractivity contribution >= 4 is 27.3 Å². The van der Waals surface area contributed by atoms with Gasteiger partial charge >= 0.3 is 0 Å². The van der Waals surface area contributed by atoms with Gasteiger partial charge in [0, 0.05) is 4.88 Å². The minimum atomic E-state index is 1.20. The summed E-state index contributed by atoms with van der Waals surface area (Å²) in [4.78, 5) is 1.34. The van der Waals surface area contributed by atoms with E-state index in [1.54, 1.807) is 11.3 Å². The van der Waals surface area contributed by atoms with E-state index in [0.29, 0.717) is 0 Å². The van der Waals surface area contributed by atoms with Crippen molar-refractivity contribution in [2.45, 2.75) is 103 Å². The van der Waals surface area contributed by atoms with E-state index in [-0.39, 0.29) is 0 Å². The van der Waals surface area contributed by atoms with Gasteiger partial charge in [-0.05, 0) is 52.0 Å². The highest BCUT2D eigenvalue weighted by molar-refractivity contribution is 9.11. The Kier molecular flexibility index (Phi) is 12.9. The second-order valence-corrected chi connectivity index (χ2v) is 10.6. The Morgan fingerprint density at radius 3 is 1.57 bits per heavy atom. The maximum Gasteiger partial charge on any atom is 0.0705 e. The van der Waals surface area contributed by atoms with E-state index in [0.717, 1.165) is 0 Å². The quantitative estimate of drug-likeness (QED) is 0.217. The van der Waals surface area contributed by atoms with E-state index >= 15 is 0 Å². The standard InChI is InChI=1S/C26H39BrS/c1-2-3-4-5-6-7-8-9-10-11-12-13-14-15-16-23-17-19-24(20-18-23)25-21-22-26(27)28-25/h17-22H,2-16H2,1H3. The summed E-state index contributed by atoms with van der Waals surface area (Å²) in [6.45, 7) is 2.29. The molecule has 1 heterocycles. The highest BCUT2D eigenvalue weighted by atomic mass is 79.9. The van der Waals surface area contributed by atoms with Gasteiger partial charge in [-0.25, -0.2) is 0 Å². The molecule has 1 aromatic carbocycles. The van der Waals surface area contributed by atoms with E-state index in [2.05, 4.69) is 59.3 Å². The molecule has 0 amide bonds. The molecule has 2 aromatic rings. The average molecular weight is 464 g/mol. The van der Waals surface area contributed by atoms with Crippen LogP contribution in [0.15, 0.2) is 40.2 Å². The number of hydrogen-bond acceptors (Lipinski definition) is 1. The van der Waals surface area contributed by atoms with Crippen LogP contribution in [0.25, 0.3) is 10.4 Å². The fourth-order valence-corrected chi connectivity index (χ4v) is 5.22. The Bertz CT molecular complexity index is 614. The Labute approximate surface area is 186 Å². The molecule has 0 fully saturated rings. The SMILES string of the molecule is CCCCCCCCCCCCCCCCc1ccc(-c2ccc(Br)s2)cc1. The van der Waals surface area contributed by atoms with E-state index in [4.69, 9.17) is 0 Å². The van der Waals surface area contributed by atoms with Crippen LogP contribution in [0, 0.1) is 0 Å². The van der Waals surface area contributed by atoms with Gasteiger partial charge in [0.1, 0.15) is 0 Å². The van der Waals surface area contributed by atoms with Crippen molar-refractivity contribution in [1.29, 1.82) is 0 Å². The summed E-state index contributed by atoms with van der Waals surface area (Å²) in [6, 6.07) is 13.5. The van der Waals surface area contributed by atoms with Gasteiger partial charge in [-0.2, -0.15) is 0 Å². The van der Waals surface area contributed by atoms with Crippen LogP contribution in [0.3, 0.4) is 0 Å². The predicted molar refractivity (Wildman–Crippen MR) is 131 cm³/mol. The number of halogens is 1. The zero-order valence-corrected chi connectivity index (χ0v) is 20.3. The van der Waals surface area contributed by atoms with Crippen molar-refractivity contribution in [3.8, 4) is 10.4 Å². The average Bonchev–Trinajstić information content (AvgIpc) is 3.15. The first-order chi connectivity index (χ1) is 13.8. The zero-order valence-electron chi connectivity index (χ0n) is 17.9. The lowest BCUT2D eigenvalue weighted by atomic mass is 10.0. The van der Waals surface area contributed by atoms with Crippen LogP contribution >= 0.6 is 27.3 Å². The van der Waals surface area contributed by atoms with Gasteiger partial charge in [0.25, 0.3) is 0 Å². The fraction of sp³-hybridized carbons (Fsp3) is 0.615. The van der Waals surface area contributed by atoms with Crippen molar-refractivity contribution in [3.63, 3.8) is 0 Å². The minimum absolute atomic E-state index is 1.20. The smallest absolute Gasteiger partial charge is 0.0705 e. The summed E-state index contributed by atoms with van der Waals surface area (Å²) in [7, 11) is 0. The van der Waals surface area contributed by atoms with Crippen LogP contribution in [0.5, 0.6) is 0 Å². The molecule has 0 atom stereocenters. The van der Waals surface area contributed by atoms with Gasteiger partial charge in [-0.15, -0.1) is 11.3 Å². The molecule has 2 rings (SSSR count). The lowest BCUT2D eigenvalue weighted by molar-refractivity contribution is 0.535. The largest absolute Gasteiger partial charge is 0.128 e. The second-order valence-electron chi connectivity index (χ2n) is 8.15. The minimum Gasteiger partial charge on any atom is -0.128 e. The molecule has 0 radical (unpaired) electrons. The maximum atomic E-state index is 3.55. The number of thiophene rings is 1. The summed E-state index contributed by atoms with van der Waals surface area (Å²) in [6.07, 6.45) is 21.3. The molecule has 0 saturated carbocycles. The van der Waals surface area contributed by atoms with Crippen LogP contribution in [-0.4, -0.2) is 0 Å². The zero-order chi connectivity index (χ0) is 19.9. The van der Waals surface area contributed by atoms with Crippen molar-refractivity contribution < 1.29 is 0 Å². The lowest BCUT2D eigenvalue weighted by Crippen LogP contribution is -1.87. The van der Waals surface area contributed by atoms with Gasteiger partial charge < -0.3 is 0 Å². The first kappa shape index (κ1) is 23.7. The van der Waals surface area contributed by atoms with Crippen molar-refractivity contribution in [2.24, 2.45) is 0 Å². The van der Waals surface area contributed by atoms with Crippen molar-refractivity contribution in [1.82, 2.24) is 0 Å². The first-order valence-corrected chi connectivity index (χ1v) is 13.2. The molecule has 0 aliphatic rings. The number of aryl methyl sites for hydroxylation is 1. The molecule has 0 aliphatic heterocycles. The second kappa shape index (κ2) is 15.3. The number of hydrogen-bond donors (Lipinski definition) is 0. The molecule has 2 heteroatoms. The Morgan fingerprint density at radius 1 is 0.607 bits per heavy atom. The Morgan fingerprint density at radius 2 is 1.11 bits per heavy atom. The van der Waals surface area contributed by atoms with Crippen LogP contribution in [-0.2, 0) is 6.42 Å². The van der Waals surface area contributed by atoms with Crippen LogP contribution in [0.4, 0.5) is 0 Å². The Hall–Kier alpha value is -0.600. The van der Waals surface area contributed by atoms with Gasteiger partial charge in [0.05, 0.1) is 3.79 Å². The third-order valence-corrected chi connectivity index (χ3v) is 7.30. The van der Waals surface area contributed by atoms with Crippen LogP contribution in [0.2, 0.25) is 0 Å². The maximum absolute atomic E-state index is 3.55. The topological polar surface area (TPSA) is 0 Å². The third-order valence-electron chi connectivity index (χ3n) is 5.63. The van der Waals surface area contributed by atoms with Gasteiger partial charge in [0.15, 0.2) is 0 Å². The molecule has 0 aliphatic carbocycles. The highest BCUT2D eigenvalue weighted by Crippen LogP contribution is 2.31. The molecule has 0 bridgehead atoms. The van der Waals surface area contributed by atoms with Crippen molar-refractivity contribution in [3.05, 3.63) is 45.7 Å². The van der Waals surface area contributed by atoms with Crippen LogP contribution in [0.1, 0.15) is 102 Å². The monoisotopic (exact) mass is 462 g/mol. The molecule has 1 aromatic heterocycles. The number of rotatable bonds is 16. The lowest BCUT2D eigenvalue weighted by Gasteiger charge is -2.05. The summed E-state index contributed by atoms with van der Waals surface area (Å²) < 4.78 is 1.20. The predicted octanol–water partition coefficient (Wildman–Crippen LogP) is 10.2. The molecule has 0 nitrogen and oxygen atoms in total.